The summed E-state index contributed by atoms with van der Waals surface area (Å²) in [6.45, 7) is 2.48. The zero-order chi connectivity index (χ0) is 12.3. The standard InChI is InChI=1S/C11H15N3O2S/c1-2-17(15)7-6-13-11-14-10-8(12)4-3-5-9(10)16-11/h3-5H,2,6-7,12H2,1H3,(H,13,14). The molecule has 0 amide bonds. The Kier molecular flexibility index (Phi) is 3.63. The first-order valence-electron chi connectivity index (χ1n) is 5.44. The number of hydrogen-bond acceptors (Lipinski definition) is 5. The van der Waals surface area contributed by atoms with E-state index in [0.717, 1.165) is 0 Å². The minimum absolute atomic E-state index is 0.422. The van der Waals surface area contributed by atoms with Gasteiger partial charge in [0, 0.05) is 28.9 Å². The summed E-state index contributed by atoms with van der Waals surface area (Å²) in [6, 6.07) is 5.83. The molecule has 1 heterocycles. The smallest absolute Gasteiger partial charge is 0.295 e. The number of anilines is 2. The molecule has 17 heavy (non-hydrogen) atoms. The lowest BCUT2D eigenvalue weighted by molar-refractivity contribution is 0.616. The second kappa shape index (κ2) is 5.18. The van der Waals surface area contributed by atoms with Crippen molar-refractivity contribution < 1.29 is 8.63 Å². The van der Waals surface area contributed by atoms with Crippen LogP contribution in [0.2, 0.25) is 0 Å². The van der Waals surface area contributed by atoms with Crippen LogP contribution in [0.4, 0.5) is 11.7 Å². The molecule has 0 aliphatic rings. The number of hydrogen-bond donors (Lipinski definition) is 2. The topological polar surface area (TPSA) is 81.2 Å². The number of fused-ring (bicyclic) bond motifs is 1. The lowest BCUT2D eigenvalue weighted by atomic mass is 10.3. The van der Waals surface area contributed by atoms with Crippen molar-refractivity contribution in [1.82, 2.24) is 4.98 Å². The molecule has 3 N–H and O–H groups in total. The largest absolute Gasteiger partial charge is 0.423 e. The quantitative estimate of drug-likeness (QED) is 0.791. The van der Waals surface area contributed by atoms with Gasteiger partial charge in [0.25, 0.3) is 6.01 Å². The lowest BCUT2D eigenvalue weighted by Crippen LogP contribution is -2.11. The molecule has 5 nitrogen and oxygen atoms in total. The van der Waals surface area contributed by atoms with Crippen LogP contribution >= 0.6 is 0 Å². The van der Waals surface area contributed by atoms with Crippen LogP contribution in [0.15, 0.2) is 22.6 Å². The maximum Gasteiger partial charge on any atom is 0.295 e. The Morgan fingerprint density at radius 3 is 3.06 bits per heavy atom. The van der Waals surface area contributed by atoms with Crippen LogP contribution in [-0.4, -0.2) is 27.2 Å². The molecule has 0 aliphatic heterocycles. The van der Waals surface area contributed by atoms with Crippen LogP contribution < -0.4 is 11.1 Å². The first kappa shape index (κ1) is 11.9. The summed E-state index contributed by atoms with van der Waals surface area (Å²) in [5.41, 5.74) is 7.68. The van der Waals surface area contributed by atoms with Crippen LogP contribution in [0.1, 0.15) is 6.92 Å². The Hall–Kier alpha value is -1.56. The average molecular weight is 253 g/mol. The molecule has 0 saturated carbocycles. The van der Waals surface area contributed by atoms with Crippen molar-refractivity contribution in [1.29, 1.82) is 0 Å². The first-order valence-corrected chi connectivity index (χ1v) is 6.93. The monoisotopic (exact) mass is 253 g/mol. The van der Waals surface area contributed by atoms with E-state index in [1.165, 1.54) is 0 Å². The van der Waals surface area contributed by atoms with E-state index < -0.39 is 10.8 Å². The van der Waals surface area contributed by atoms with Gasteiger partial charge in [0.15, 0.2) is 5.58 Å². The molecule has 92 valence electrons. The van der Waals surface area contributed by atoms with Crippen LogP contribution in [-0.2, 0) is 10.8 Å². The van der Waals surface area contributed by atoms with E-state index in [0.29, 0.717) is 40.9 Å². The maximum absolute atomic E-state index is 11.2. The molecule has 2 aromatic rings. The van der Waals surface area contributed by atoms with Crippen molar-refractivity contribution in [2.45, 2.75) is 6.92 Å². The van der Waals surface area contributed by atoms with Gasteiger partial charge in [-0.2, -0.15) is 4.98 Å². The van der Waals surface area contributed by atoms with Gasteiger partial charge in [-0.05, 0) is 12.1 Å². The molecule has 6 heteroatoms. The number of nitrogens with two attached hydrogens (primary N) is 1. The number of para-hydroxylation sites is 1. The van der Waals surface area contributed by atoms with E-state index in [1.807, 2.05) is 19.1 Å². The summed E-state index contributed by atoms with van der Waals surface area (Å²) in [5.74, 6) is 1.26. The van der Waals surface area contributed by atoms with Crippen LogP contribution in [0.3, 0.4) is 0 Å². The summed E-state index contributed by atoms with van der Waals surface area (Å²) in [4.78, 5) is 4.23. The minimum atomic E-state index is -0.779. The van der Waals surface area contributed by atoms with E-state index in [4.69, 9.17) is 10.2 Å². The highest BCUT2D eigenvalue weighted by Gasteiger charge is 2.07. The highest BCUT2D eigenvalue weighted by molar-refractivity contribution is 7.84. The molecule has 0 spiro atoms. The van der Waals surface area contributed by atoms with E-state index >= 15 is 0 Å². The Morgan fingerprint density at radius 1 is 1.53 bits per heavy atom. The second-order valence-electron chi connectivity index (χ2n) is 3.57. The van der Waals surface area contributed by atoms with Gasteiger partial charge in [0.05, 0.1) is 5.69 Å². The molecule has 1 aromatic carbocycles. The van der Waals surface area contributed by atoms with E-state index in [2.05, 4.69) is 10.3 Å². The molecule has 0 aliphatic carbocycles. The lowest BCUT2D eigenvalue weighted by Gasteiger charge is -1.99. The van der Waals surface area contributed by atoms with Crippen LogP contribution in [0.25, 0.3) is 11.1 Å². The normalized spacial score (nSPS) is 12.8. The Bertz CT molecular complexity index is 538. The average Bonchev–Trinajstić information content (AvgIpc) is 2.73. The van der Waals surface area contributed by atoms with Crippen molar-refractivity contribution in [3.63, 3.8) is 0 Å². The highest BCUT2D eigenvalue weighted by atomic mass is 32.2. The third-order valence-corrected chi connectivity index (χ3v) is 3.68. The fourth-order valence-corrected chi connectivity index (χ4v) is 2.08. The number of aromatic nitrogens is 1. The summed E-state index contributed by atoms with van der Waals surface area (Å²) in [5, 5.41) is 3.00. The molecular formula is C11H15N3O2S. The summed E-state index contributed by atoms with van der Waals surface area (Å²) >= 11 is 0. The second-order valence-corrected chi connectivity index (χ2v) is 5.44. The van der Waals surface area contributed by atoms with Gasteiger partial charge >= 0.3 is 0 Å². The van der Waals surface area contributed by atoms with Crippen LogP contribution in [0.5, 0.6) is 0 Å². The van der Waals surface area contributed by atoms with E-state index in [1.54, 1.807) is 6.07 Å². The van der Waals surface area contributed by atoms with E-state index in [-0.39, 0.29) is 0 Å². The van der Waals surface area contributed by atoms with Crippen molar-refractivity contribution in [3.05, 3.63) is 18.2 Å². The van der Waals surface area contributed by atoms with Crippen molar-refractivity contribution in [2.24, 2.45) is 0 Å². The molecule has 0 saturated heterocycles. The third-order valence-electron chi connectivity index (χ3n) is 2.38. The summed E-state index contributed by atoms with van der Waals surface area (Å²) in [7, 11) is -0.779. The van der Waals surface area contributed by atoms with Gasteiger partial charge < -0.3 is 15.5 Å². The Labute approximate surface area is 102 Å². The number of oxazole rings is 1. The molecule has 0 fully saturated rings. The summed E-state index contributed by atoms with van der Waals surface area (Å²) in [6.07, 6.45) is 0. The van der Waals surface area contributed by atoms with Gasteiger partial charge in [-0.25, -0.2) is 0 Å². The van der Waals surface area contributed by atoms with Gasteiger partial charge in [0.1, 0.15) is 5.52 Å². The number of nitrogens with zero attached hydrogens (tertiary/aromatic N) is 1. The Morgan fingerprint density at radius 2 is 2.35 bits per heavy atom. The maximum atomic E-state index is 11.2. The zero-order valence-electron chi connectivity index (χ0n) is 9.60. The van der Waals surface area contributed by atoms with E-state index in [9.17, 15) is 4.21 Å². The Balaban J connectivity index is 2.05. The fourth-order valence-electron chi connectivity index (χ4n) is 1.46. The van der Waals surface area contributed by atoms with Crippen molar-refractivity contribution >= 4 is 33.6 Å². The summed E-state index contributed by atoms with van der Waals surface area (Å²) < 4.78 is 16.7. The molecule has 1 atom stereocenters. The predicted octanol–water partition coefficient (Wildman–Crippen LogP) is 1.59. The number of benzene rings is 1. The van der Waals surface area contributed by atoms with Gasteiger partial charge in [-0.15, -0.1) is 0 Å². The van der Waals surface area contributed by atoms with Gasteiger partial charge in [-0.1, -0.05) is 13.0 Å². The molecular weight excluding hydrogens is 238 g/mol. The number of nitrogen functional groups attached to an aromatic ring is 1. The minimum Gasteiger partial charge on any atom is -0.423 e. The molecule has 2 rings (SSSR count). The molecule has 1 aromatic heterocycles. The van der Waals surface area contributed by atoms with Gasteiger partial charge in [-0.3, -0.25) is 4.21 Å². The van der Waals surface area contributed by atoms with Crippen LogP contribution in [0, 0.1) is 0 Å². The molecule has 0 radical (unpaired) electrons. The molecule has 1 unspecified atom stereocenters. The highest BCUT2D eigenvalue weighted by Crippen LogP contribution is 2.23. The SMILES string of the molecule is CCS(=O)CCNc1nc2c(N)cccc2o1. The predicted molar refractivity (Wildman–Crippen MR) is 70.5 cm³/mol. The zero-order valence-corrected chi connectivity index (χ0v) is 10.4. The number of rotatable bonds is 5. The number of nitrogens with one attached hydrogen (secondary N) is 1. The first-order chi connectivity index (χ1) is 8.20. The van der Waals surface area contributed by atoms with Crippen molar-refractivity contribution in [3.8, 4) is 0 Å². The third kappa shape index (κ3) is 2.76. The van der Waals surface area contributed by atoms with Gasteiger partial charge in [0.2, 0.25) is 0 Å². The molecule has 0 bridgehead atoms. The van der Waals surface area contributed by atoms with Crippen molar-refractivity contribution in [2.75, 3.05) is 29.1 Å². The fraction of sp³-hybridized carbons (Fsp3) is 0.364.